The average molecular weight is 286 g/mol. The molecule has 2 aromatic heterocycles. The molecule has 0 saturated heterocycles. The Hall–Kier alpha value is -1.87. The highest BCUT2D eigenvalue weighted by Crippen LogP contribution is 2.32. The molecule has 0 aliphatic heterocycles. The van der Waals surface area contributed by atoms with Gasteiger partial charge in [0.15, 0.2) is 0 Å². The molecular weight excluding hydrogens is 270 g/mol. The fourth-order valence-corrected chi connectivity index (χ4v) is 2.48. The summed E-state index contributed by atoms with van der Waals surface area (Å²) in [5.41, 5.74) is 4.89. The van der Waals surface area contributed by atoms with Crippen molar-refractivity contribution in [3.05, 3.63) is 47.0 Å². The lowest BCUT2D eigenvalue weighted by Gasteiger charge is -2.04. The number of nitrogens with one attached hydrogen (secondary N) is 1. The van der Waals surface area contributed by atoms with Crippen LogP contribution in [0.4, 0.5) is 0 Å². The maximum atomic E-state index is 6.38. The lowest BCUT2D eigenvalue weighted by molar-refractivity contribution is 0.836. The molecule has 20 heavy (non-hydrogen) atoms. The van der Waals surface area contributed by atoms with Crippen LogP contribution >= 0.6 is 11.6 Å². The van der Waals surface area contributed by atoms with Crippen molar-refractivity contribution in [1.82, 2.24) is 15.0 Å². The van der Waals surface area contributed by atoms with Crippen molar-refractivity contribution in [2.75, 3.05) is 0 Å². The molecule has 3 rings (SSSR count). The molecule has 2 heterocycles. The van der Waals surface area contributed by atoms with Crippen molar-refractivity contribution in [3.63, 3.8) is 0 Å². The third-order valence-corrected chi connectivity index (χ3v) is 3.72. The second kappa shape index (κ2) is 4.91. The first-order valence-electron chi connectivity index (χ1n) is 6.66. The van der Waals surface area contributed by atoms with E-state index < -0.39 is 0 Å². The molecule has 0 bridgehead atoms. The lowest BCUT2D eigenvalue weighted by atomic mass is 10.1. The molecule has 1 aromatic carbocycles. The van der Waals surface area contributed by atoms with Gasteiger partial charge in [-0.1, -0.05) is 25.4 Å². The molecule has 4 heteroatoms. The van der Waals surface area contributed by atoms with Crippen LogP contribution in [0, 0.1) is 6.92 Å². The van der Waals surface area contributed by atoms with Gasteiger partial charge in [-0.2, -0.15) is 0 Å². The minimum absolute atomic E-state index is 0.462. The van der Waals surface area contributed by atoms with Crippen LogP contribution < -0.4 is 0 Å². The largest absolute Gasteiger partial charge is 0.358 e. The monoisotopic (exact) mass is 285 g/mol. The summed E-state index contributed by atoms with van der Waals surface area (Å²) in [6.45, 7) is 6.25. The number of halogens is 1. The number of hydrogen-bond donors (Lipinski definition) is 1. The maximum Gasteiger partial charge on any atom is 0.0901 e. The second-order valence-electron chi connectivity index (χ2n) is 5.34. The van der Waals surface area contributed by atoms with Gasteiger partial charge in [0.05, 0.1) is 22.6 Å². The summed E-state index contributed by atoms with van der Waals surface area (Å²) in [6.07, 6.45) is 3.51. The van der Waals surface area contributed by atoms with Gasteiger partial charge in [-0.05, 0) is 31.0 Å². The third kappa shape index (κ3) is 2.29. The summed E-state index contributed by atoms with van der Waals surface area (Å²) in [5, 5.41) is 1.83. The van der Waals surface area contributed by atoms with Crippen LogP contribution in [0.1, 0.15) is 31.2 Å². The van der Waals surface area contributed by atoms with Crippen molar-refractivity contribution in [3.8, 4) is 11.3 Å². The summed E-state index contributed by atoms with van der Waals surface area (Å²) in [5.74, 6) is 0.462. The van der Waals surface area contributed by atoms with E-state index in [-0.39, 0.29) is 0 Å². The molecular formula is C16H16ClN3. The summed E-state index contributed by atoms with van der Waals surface area (Å²) < 4.78 is 0. The van der Waals surface area contributed by atoms with Gasteiger partial charge in [-0.25, -0.2) is 0 Å². The minimum Gasteiger partial charge on any atom is -0.358 e. The lowest BCUT2D eigenvalue weighted by Crippen LogP contribution is -1.89. The number of nitrogens with zero attached hydrogens (tertiary/aromatic N) is 2. The van der Waals surface area contributed by atoms with Gasteiger partial charge in [0.1, 0.15) is 0 Å². The van der Waals surface area contributed by atoms with E-state index in [0.29, 0.717) is 10.9 Å². The molecule has 0 saturated carbocycles. The van der Waals surface area contributed by atoms with Crippen molar-refractivity contribution in [2.24, 2.45) is 0 Å². The highest BCUT2D eigenvalue weighted by Gasteiger charge is 2.10. The molecule has 0 radical (unpaired) electrons. The zero-order chi connectivity index (χ0) is 14.3. The number of aromatic amines is 1. The van der Waals surface area contributed by atoms with E-state index in [4.69, 9.17) is 11.6 Å². The van der Waals surface area contributed by atoms with Crippen molar-refractivity contribution in [2.45, 2.75) is 26.7 Å². The molecule has 0 fully saturated rings. The van der Waals surface area contributed by atoms with Gasteiger partial charge in [-0.15, -0.1) is 0 Å². The van der Waals surface area contributed by atoms with E-state index in [1.54, 1.807) is 12.4 Å². The van der Waals surface area contributed by atoms with Crippen LogP contribution in [-0.2, 0) is 0 Å². The first-order chi connectivity index (χ1) is 9.54. The van der Waals surface area contributed by atoms with Crippen LogP contribution in [0.2, 0.25) is 5.02 Å². The fraction of sp³-hybridized carbons (Fsp3) is 0.250. The van der Waals surface area contributed by atoms with Gasteiger partial charge in [-0.3, -0.25) is 9.97 Å². The zero-order valence-electron chi connectivity index (χ0n) is 11.7. The van der Waals surface area contributed by atoms with Gasteiger partial charge >= 0.3 is 0 Å². The first-order valence-corrected chi connectivity index (χ1v) is 7.03. The van der Waals surface area contributed by atoms with E-state index in [0.717, 1.165) is 27.9 Å². The molecule has 0 aliphatic rings. The number of benzene rings is 1. The fourth-order valence-electron chi connectivity index (χ4n) is 2.21. The minimum atomic E-state index is 0.462. The zero-order valence-corrected chi connectivity index (χ0v) is 12.5. The van der Waals surface area contributed by atoms with E-state index in [9.17, 15) is 0 Å². The maximum absolute atomic E-state index is 6.38. The van der Waals surface area contributed by atoms with Crippen molar-refractivity contribution in [1.29, 1.82) is 0 Å². The molecule has 1 N–H and O–H groups in total. The third-order valence-electron chi connectivity index (χ3n) is 3.41. The standard InChI is InChI=1S/C16H16ClN3/c1-9(2)14-5-11-4-13(17)12(6-15(11)20-14)16-8-18-10(3)7-19-16/h4-9,20H,1-3H3. The van der Waals surface area contributed by atoms with E-state index in [1.165, 1.54) is 5.69 Å². The molecule has 0 atom stereocenters. The Morgan fingerprint density at radius 3 is 2.55 bits per heavy atom. The van der Waals surface area contributed by atoms with Crippen molar-refractivity contribution >= 4 is 22.5 Å². The predicted molar refractivity (Wildman–Crippen MR) is 83.2 cm³/mol. The smallest absolute Gasteiger partial charge is 0.0901 e. The van der Waals surface area contributed by atoms with E-state index in [1.807, 2.05) is 19.1 Å². The number of aryl methyl sites for hydroxylation is 1. The first kappa shape index (κ1) is 13.1. The Morgan fingerprint density at radius 2 is 1.90 bits per heavy atom. The number of fused-ring (bicyclic) bond motifs is 1. The SMILES string of the molecule is Cc1cnc(-c2cc3[nH]c(C(C)C)cc3cc2Cl)cn1. The molecule has 102 valence electrons. The number of H-pyrrole nitrogens is 1. The number of hydrogen-bond acceptors (Lipinski definition) is 2. The van der Waals surface area contributed by atoms with Gasteiger partial charge in [0.2, 0.25) is 0 Å². The highest BCUT2D eigenvalue weighted by atomic mass is 35.5. The number of rotatable bonds is 2. The van der Waals surface area contributed by atoms with Crippen LogP contribution in [-0.4, -0.2) is 15.0 Å². The van der Waals surface area contributed by atoms with Gasteiger partial charge < -0.3 is 4.98 Å². The Labute approximate surface area is 123 Å². The summed E-state index contributed by atoms with van der Waals surface area (Å²) in [6, 6.07) is 6.18. The topological polar surface area (TPSA) is 41.6 Å². The van der Waals surface area contributed by atoms with Crippen molar-refractivity contribution < 1.29 is 0 Å². The highest BCUT2D eigenvalue weighted by molar-refractivity contribution is 6.34. The summed E-state index contributed by atoms with van der Waals surface area (Å²) in [4.78, 5) is 12.1. The molecule has 3 aromatic rings. The average Bonchev–Trinajstić information content (AvgIpc) is 2.82. The molecule has 0 aliphatic carbocycles. The quantitative estimate of drug-likeness (QED) is 0.741. The summed E-state index contributed by atoms with van der Waals surface area (Å²) >= 11 is 6.38. The van der Waals surface area contributed by atoms with Crippen LogP contribution in [0.15, 0.2) is 30.6 Å². The summed E-state index contributed by atoms with van der Waals surface area (Å²) in [7, 11) is 0. The van der Waals surface area contributed by atoms with Gasteiger partial charge in [0.25, 0.3) is 0 Å². The number of aromatic nitrogens is 3. The Morgan fingerprint density at radius 1 is 1.10 bits per heavy atom. The molecule has 0 amide bonds. The van der Waals surface area contributed by atoms with Crippen LogP contribution in [0.25, 0.3) is 22.2 Å². The normalized spacial score (nSPS) is 11.4. The second-order valence-corrected chi connectivity index (χ2v) is 5.75. The Kier molecular flexibility index (Phi) is 3.22. The molecule has 3 nitrogen and oxygen atoms in total. The predicted octanol–water partition coefficient (Wildman–Crippen LogP) is 4.71. The Balaban J connectivity index is 2.16. The van der Waals surface area contributed by atoms with E-state index in [2.05, 4.69) is 34.9 Å². The van der Waals surface area contributed by atoms with Crippen LogP contribution in [0.3, 0.4) is 0 Å². The van der Waals surface area contributed by atoms with Gasteiger partial charge in [0, 0.05) is 28.4 Å². The molecule has 0 unspecified atom stereocenters. The Bertz CT molecular complexity index is 757. The van der Waals surface area contributed by atoms with E-state index >= 15 is 0 Å². The van der Waals surface area contributed by atoms with Crippen LogP contribution in [0.5, 0.6) is 0 Å². The molecule has 0 spiro atoms.